The molecule has 1 aliphatic carbocycles. The van der Waals surface area contributed by atoms with Crippen LogP contribution in [0.4, 0.5) is 14.5 Å². The van der Waals surface area contributed by atoms with E-state index in [1.54, 1.807) is 37.3 Å². The Kier molecular flexibility index (Phi) is 7.48. The lowest BCUT2D eigenvalue weighted by Gasteiger charge is -2.35. The first-order chi connectivity index (χ1) is 17.9. The summed E-state index contributed by atoms with van der Waals surface area (Å²) in [5, 5.41) is 10.6. The third kappa shape index (κ3) is 5.97. The highest BCUT2D eigenvalue weighted by Crippen LogP contribution is 2.27. The van der Waals surface area contributed by atoms with Crippen LogP contribution in [0.15, 0.2) is 43.0 Å². The number of nitrogens with one attached hydrogen (secondary N) is 2. The number of aromatic nitrogens is 3. The second-order valence-corrected chi connectivity index (χ2v) is 9.85. The van der Waals surface area contributed by atoms with Crippen LogP contribution in [0.5, 0.6) is 0 Å². The molecule has 1 aliphatic heterocycles. The molecule has 3 heterocycles. The Morgan fingerprint density at radius 1 is 1.16 bits per heavy atom. The fraction of sp³-hybridized carbons (Fsp3) is 0.444. The number of hydrogen-bond donors (Lipinski definition) is 2. The molecule has 196 valence electrons. The maximum atomic E-state index is 14.8. The predicted molar refractivity (Wildman–Crippen MR) is 137 cm³/mol. The minimum atomic E-state index is -0.996. The topological polar surface area (TPSA) is 84.3 Å². The van der Waals surface area contributed by atoms with E-state index in [0.29, 0.717) is 30.8 Å². The number of alkyl halides is 1. The van der Waals surface area contributed by atoms with Crippen LogP contribution < -0.4 is 10.6 Å². The molecule has 1 amide bonds. The molecule has 2 aromatic heterocycles. The highest BCUT2D eigenvalue weighted by Gasteiger charge is 2.29. The van der Waals surface area contributed by atoms with Gasteiger partial charge in [0.05, 0.1) is 35.8 Å². The summed E-state index contributed by atoms with van der Waals surface area (Å²) in [5.74, 6) is -0.960. The summed E-state index contributed by atoms with van der Waals surface area (Å²) in [5.41, 5.74) is 3.64. The molecule has 3 aromatic rings. The van der Waals surface area contributed by atoms with Crippen molar-refractivity contribution in [3.8, 4) is 16.8 Å². The monoisotopic (exact) mass is 510 g/mol. The second-order valence-electron chi connectivity index (χ2n) is 9.85. The van der Waals surface area contributed by atoms with E-state index in [1.165, 1.54) is 12.1 Å². The highest BCUT2D eigenvalue weighted by atomic mass is 19.1. The highest BCUT2D eigenvalue weighted by molar-refractivity contribution is 5.95. The largest absolute Gasteiger partial charge is 0.383 e. The average Bonchev–Trinajstić information content (AvgIpc) is 3.56. The third-order valence-corrected chi connectivity index (χ3v) is 6.93. The first-order valence-corrected chi connectivity index (χ1v) is 12.6. The summed E-state index contributed by atoms with van der Waals surface area (Å²) in [6.07, 6.45) is 8.46. The van der Waals surface area contributed by atoms with E-state index < -0.39 is 17.9 Å². The van der Waals surface area contributed by atoms with Crippen molar-refractivity contribution in [3.05, 3.63) is 59.9 Å². The summed E-state index contributed by atoms with van der Waals surface area (Å²) in [6, 6.07) is 4.66. The Labute approximate surface area is 215 Å². The van der Waals surface area contributed by atoms with Crippen molar-refractivity contribution in [2.45, 2.75) is 44.4 Å². The fourth-order valence-corrected chi connectivity index (χ4v) is 4.62. The number of pyridine rings is 1. The van der Waals surface area contributed by atoms with Gasteiger partial charge in [-0.2, -0.15) is 5.10 Å². The Morgan fingerprint density at radius 3 is 2.76 bits per heavy atom. The first-order valence-electron chi connectivity index (χ1n) is 12.6. The van der Waals surface area contributed by atoms with Gasteiger partial charge in [-0.3, -0.25) is 14.7 Å². The molecule has 1 saturated heterocycles. The van der Waals surface area contributed by atoms with Crippen LogP contribution in [0, 0.1) is 12.7 Å². The van der Waals surface area contributed by atoms with Crippen LogP contribution in [0.3, 0.4) is 0 Å². The molecule has 0 radical (unpaired) electrons. The van der Waals surface area contributed by atoms with Gasteiger partial charge in [-0.15, -0.1) is 0 Å². The molecule has 10 heteroatoms. The Hall–Kier alpha value is -3.37. The molecule has 2 fully saturated rings. The molecular weight excluding hydrogens is 478 g/mol. The van der Waals surface area contributed by atoms with Crippen molar-refractivity contribution in [3.63, 3.8) is 0 Å². The number of aryl methyl sites for hydroxylation is 1. The van der Waals surface area contributed by atoms with Crippen LogP contribution in [0.25, 0.3) is 16.8 Å². The molecule has 5 rings (SSSR count). The van der Waals surface area contributed by atoms with Gasteiger partial charge in [0.15, 0.2) is 0 Å². The Bertz CT molecular complexity index is 1260. The minimum Gasteiger partial charge on any atom is -0.383 e. The molecule has 0 unspecified atom stereocenters. The van der Waals surface area contributed by atoms with Gasteiger partial charge in [0, 0.05) is 62.5 Å². The van der Waals surface area contributed by atoms with Gasteiger partial charge in [0.1, 0.15) is 12.0 Å². The number of nitrogens with zero attached hydrogens (tertiary/aromatic N) is 4. The molecule has 1 aromatic carbocycles. The number of likely N-dealkylation sites (tertiary alicyclic amines) is 1. The molecule has 37 heavy (non-hydrogen) atoms. The molecule has 0 bridgehead atoms. The van der Waals surface area contributed by atoms with E-state index in [9.17, 15) is 13.6 Å². The van der Waals surface area contributed by atoms with Gasteiger partial charge in [0.25, 0.3) is 5.91 Å². The van der Waals surface area contributed by atoms with Crippen molar-refractivity contribution in [2.24, 2.45) is 0 Å². The molecule has 0 spiro atoms. The molecule has 2 N–H and O–H groups in total. The first kappa shape index (κ1) is 25.3. The number of halogens is 2. The zero-order chi connectivity index (χ0) is 25.9. The number of carbonyl (C=O) groups is 1. The van der Waals surface area contributed by atoms with E-state index in [2.05, 4.69) is 25.6 Å². The van der Waals surface area contributed by atoms with Crippen LogP contribution in [0.1, 0.15) is 35.2 Å². The zero-order valence-electron chi connectivity index (χ0n) is 21.1. The molecular formula is C27H32F2N6O2. The number of methoxy groups -OCH3 is 1. The van der Waals surface area contributed by atoms with Gasteiger partial charge in [-0.25, -0.2) is 13.5 Å². The van der Waals surface area contributed by atoms with E-state index in [4.69, 9.17) is 4.74 Å². The van der Waals surface area contributed by atoms with Crippen LogP contribution >= 0.6 is 0 Å². The number of ether oxygens (including phenoxy) is 1. The summed E-state index contributed by atoms with van der Waals surface area (Å²) >= 11 is 0. The van der Waals surface area contributed by atoms with Gasteiger partial charge in [0.2, 0.25) is 0 Å². The van der Waals surface area contributed by atoms with Crippen molar-refractivity contribution >= 4 is 11.6 Å². The van der Waals surface area contributed by atoms with Gasteiger partial charge >= 0.3 is 0 Å². The van der Waals surface area contributed by atoms with Gasteiger partial charge in [-0.1, -0.05) is 0 Å². The van der Waals surface area contributed by atoms with Crippen LogP contribution in [0.2, 0.25) is 0 Å². The Morgan fingerprint density at radius 2 is 2.00 bits per heavy atom. The standard InChI is InChI=1S/C27H32F2N6O2/c1-17-9-23(28)22(27(36)33-20-3-4-20)11-26(17)35-15-19(13-31-35)18-10-21(14-30-12-18)32-25-5-6-34(7-8-37-2)16-24(25)29/h9-15,20,24-25,32H,3-8,16H2,1-2H3,(H,33,36)/t24-,25+/m1/s1. The number of piperidine rings is 1. The van der Waals surface area contributed by atoms with Crippen LogP contribution in [-0.4, -0.2) is 77.2 Å². The quantitative estimate of drug-likeness (QED) is 0.456. The van der Waals surface area contributed by atoms with Crippen molar-refractivity contribution in [1.82, 2.24) is 25.0 Å². The van der Waals surface area contributed by atoms with Crippen molar-refractivity contribution < 1.29 is 18.3 Å². The summed E-state index contributed by atoms with van der Waals surface area (Å²) in [6.45, 7) is 4.28. The molecule has 2 atom stereocenters. The van der Waals surface area contributed by atoms with Gasteiger partial charge in [-0.05, 0) is 49.9 Å². The average molecular weight is 511 g/mol. The van der Waals surface area contributed by atoms with Gasteiger partial charge < -0.3 is 15.4 Å². The predicted octanol–water partition coefficient (Wildman–Crippen LogP) is 3.74. The zero-order valence-corrected chi connectivity index (χ0v) is 21.1. The van der Waals surface area contributed by atoms with E-state index in [-0.39, 0.29) is 17.6 Å². The maximum absolute atomic E-state index is 14.8. The smallest absolute Gasteiger partial charge is 0.254 e. The lowest BCUT2D eigenvalue weighted by atomic mass is 10.0. The number of carbonyl (C=O) groups excluding carboxylic acids is 1. The summed E-state index contributed by atoms with van der Waals surface area (Å²) in [4.78, 5) is 18.9. The van der Waals surface area contributed by atoms with Crippen LogP contribution in [-0.2, 0) is 4.74 Å². The maximum Gasteiger partial charge on any atom is 0.254 e. The molecule has 8 nitrogen and oxygen atoms in total. The van der Waals surface area contributed by atoms with E-state index in [0.717, 1.165) is 42.7 Å². The van der Waals surface area contributed by atoms with Crippen molar-refractivity contribution in [1.29, 1.82) is 0 Å². The third-order valence-electron chi connectivity index (χ3n) is 6.93. The molecule has 2 aliphatic rings. The lowest BCUT2D eigenvalue weighted by Crippen LogP contribution is -2.48. The SMILES string of the molecule is COCCN1CC[C@H](Nc2cncc(-c3cnn(-c4cc(C(=O)NC5CC5)c(F)cc4C)c3)c2)[C@H](F)C1. The number of rotatable bonds is 9. The number of hydrogen-bond acceptors (Lipinski definition) is 6. The fourth-order valence-electron chi connectivity index (χ4n) is 4.62. The Balaban J connectivity index is 1.30. The van der Waals surface area contributed by atoms with E-state index >= 15 is 0 Å². The number of benzene rings is 1. The van der Waals surface area contributed by atoms with Crippen molar-refractivity contribution in [2.75, 3.05) is 38.7 Å². The number of amides is 1. The summed E-state index contributed by atoms with van der Waals surface area (Å²) in [7, 11) is 1.65. The molecule has 1 saturated carbocycles. The minimum absolute atomic E-state index is 0.00598. The second kappa shape index (κ2) is 10.9. The lowest BCUT2D eigenvalue weighted by molar-refractivity contribution is 0.0920. The number of anilines is 1. The van der Waals surface area contributed by atoms with E-state index in [1.807, 2.05) is 12.3 Å². The summed E-state index contributed by atoms with van der Waals surface area (Å²) < 4.78 is 36.1. The normalized spacial score (nSPS) is 20.1.